The topological polar surface area (TPSA) is 92.5 Å². The molecule has 1 aliphatic rings. The lowest BCUT2D eigenvalue weighted by atomic mass is 10.3. The molecule has 6 nitrogen and oxygen atoms in total. The second-order valence-electron chi connectivity index (χ2n) is 4.64. The van der Waals surface area contributed by atoms with E-state index in [4.69, 9.17) is 5.73 Å². The number of benzene rings is 1. The summed E-state index contributed by atoms with van der Waals surface area (Å²) >= 11 is 0. The molecule has 1 aromatic rings. The Kier molecular flexibility index (Phi) is 3.77. The number of rotatable bonds is 5. The third-order valence-corrected chi connectivity index (χ3v) is 4.79. The standard InChI is InChI=1S/C12H17N3O3S/c1-15(8-12(16)14-9-6-7-9)19(17,18)11-5-3-2-4-10(11)13/h2-5,9H,6-8,13H2,1H3,(H,14,16). The lowest BCUT2D eigenvalue weighted by molar-refractivity contribution is -0.121. The Balaban J connectivity index is 2.10. The lowest BCUT2D eigenvalue weighted by Gasteiger charge is -2.17. The third kappa shape index (κ3) is 3.24. The first-order valence-electron chi connectivity index (χ1n) is 6.01. The zero-order chi connectivity index (χ0) is 14.0. The van der Waals surface area contributed by atoms with Crippen molar-refractivity contribution in [2.45, 2.75) is 23.8 Å². The van der Waals surface area contributed by atoms with Crippen molar-refractivity contribution in [3.05, 3.63) is 24.3 Å². The molecule has 7 heteroatoms. The summed E-state index contributed by atoms with van der Waals surface area (Å²) in [6.45, 7) is -0.201. The summed E-state index contributed by atoms with van der Waals surface area (Å²) in [7, 11) is -2.36. The first kappa shape index (κ1) is 13.8. The summed E-state index contributed by atoms with van der Waals surface area (Å²) in [5.74, 6) is -0.289. The van der Waals surface area contributed by atoms with Crippen molar-refractivity contribution in [3.63, 3.8) is 0 Å². The van der Waals surface area contributed by atoms with Gasteiger partial charge in [0.2, 0.25) is 15.9 Å². The molecule has 0 bridgehead atoms. The highest BCUT2D eigenvalue weighted by molar-refractivity contribution is 7.89. The van der Waals surface area contributed by atoms with Crippen LogP contribution in [-0.4, -0.2) is 38.3 Å². The highest BCUT2D eigenvalue weighted by atomic mass is 32.2. The first-order valence-corrected chi connectivity index (χ1v) is 7.45. The molecule has 2 rings (SSSR count). The van der Waals surface area contributed by atoms with Gasteiger partial charge in [-0.05, 0) is 25.0 Å². The Morgan fingerprint density at radius 1 is 1.42 bits per heavy atom. The Morgan fingerprint density at radius 2 is 2.05 bits per heavy atom. The molecule has 0 radical (unpaired) electrons. The van der Waals surface area contributed by atoms with Gasteiger partial charge < -0.3 is 11.1 Å². The van der Waals surface area contributed by atoms with Crippen molar-refractivity contribution in [1.82, 2.24) is 9.62 Å². The Labute approximate surface area is 112 Å². The molecule has 3 N–H and O–H groups in total. The number of nitrogens with two attached hydrogens (primary N) is 1. The molecule has 1 aromatic carbocycles. The van der Waals surface area contributed by atoms with Crippen LogP contribution in [0.25, 0.3) is 0 Å². The molecular formula is C12H17N3O3S. The van der Waals surface area contributed by atoms with Crippen LogP contribution in [0.1, 0.15) is 12.8 Å². The minimum Gasteiger partial charge on any atom is -0.398 e. The SMILES string of the molecule is CN(CC(=O)NC1CC1)S(=O)(=O)c1ccccc1N. The normalized spacial score (nSPS) is 15.5. The number of anilines is 1. The van der Waals surface area contributed by atoms with E-state index >= 15 is 0 Å². The van der Waals surface area contributed by atoms with Crippen LogP contribution in [0.5, 0.6) is 0 Å². The highest BCUT2D eigenvalue weighted by Gasteiger charge is 2.28. The Bertz CT molecular complexity index is 582. The number of carbonyl (C=O) groups excluding carboxylic acids is 1. The fourth-order valence-electron chi connectivity index (χ4n) is 1.67. The summed E-state index contributed by atoms with van der Waals surface area (Å²) in [5.41, 5.74) is 5.84. The number of nitrogens with one attached hydrogen (secondary N) is 1. The molecule has 1 fully saturated rings. The molecule has 0 spiro atoms. The molecule has 1 aliphatic carbocycles. The average Bonchev–Trinajstić information content (AvgIpc) is 3.12. The predicted molar refractivity (Wildman–Crippen MR) is 71.8 cm³/mol. The maximum atomic E-state index is 12.3. The van der Waals surface area contributed by atoms with Gasteiger partial charge in [0.1, 0.15) is 4.90 Å². The molecule has 0 aromatic heterocycles. The predicted octanol–water partition coefficient (Wildman–Crippen LogP) is 0.168. The molecule has 0 saturated heterocycles. The van der Waals surface area contributed by atoms with E-state index in [1.54, 1.807) is 12.1 Å². The van der Waals surface area contributed by atoms with Gasteiger partial charge in [0.25, 0.3) is 0 Å². The molecule has 104 valence electrons. The molecular weight excluding hydrogens is 266 g/mol. The van der Waals surface area contributed by atoms with Crippen molar-refractivity contribution in [1.29, 1.82) is 0 Å². The molecule has 0 atom stereocenters. The largest absolute Gasteiger partial charge is 0.398 e. The van der Waals surface area contributed by atoms with Gasteiger partial charge in [0.15, 0.2) is 0 Å². The molecule has 0 aliphatic heterocycles. The van der Waals surface area contributed by atoms with Gasteiger partial charge in [-0.25, -0.2) is 8.42 Å². The van der Waals surface area contributed by atoms with Crippen LogP contribution in [0.2, 0.25) is 0 Å². The number of nitrogen functional groups attached to an aromatic ring is 1. The first-order chi connectivity index (χ1) is 8.91. The number of hydrogen-bond donors (Lipinski definition) is 2. The van der Waals surface area contributed by atoms with Crippen molar-refractivity contribution in [2.24, 2.45) is 0 Å². The maximum Gasteiger partial charge on any atom is 0.245 e. The number of hydrogen-bond acceptors (Lipinski definition) is 4. The van der Waals surface area contributed by atoms with Gasteiger partial charge in [0, 0.05) is 13.1 Å². The van der Waals surface area contributed by atoms with Gasteiger partial charge in [-0.3, -0.25) is 4.79 Å². The van der Waals surface area contributed by atoms with Crippen LogP contribution >= 0.6 is 0 Å². The Morgan fingerprint density at radius 3 is 2.63 bits per heavy atom. The number of nitrogens with zero attached hydrogens (tertiary/aromatic N) is 1. The van der Waals surface area contributed by atoms with E-state index in [1.165, 1.54) is 19.2 Å². The van der Waals surface area contributed by atoms with E-state index in [0.29, 0.717) is 0 Å². The molecule has 1 amide bonds. The summed E-state index contributed by atoms with van der Waals surface area (Å²) in [6, 6.07) is 6.42. The summed E-state index contributed by atoms with van der Waals surface area (Å²) in [5, 5.41) is 2.75. The molecule has 19 heavy (non-hydrogen) atoms. The smallest absolute Gasteiger partial charge is 0.245 e. The zero-order valence-corrected chi connectivity index (χ0v) is 11.5. The zero-order valence-electron chi connectivity index (χ0n) is 10.7. The fraction of sp³-hybridized carbons (Fsp3) is 0.417. The maximum absolute atomic E-state index is 12.3. The summed E-state index contributed by atoms with van der Waals surface area (Å²) in [6.07, 6.45) is 1.93. The van der Waals surface area contributed by atoms with Crippen LogP contribution in [0.4, 0.5) is 5.69 Å². The minimum atomic E-state index is -3.73. The van der Waals surface area contributed by atoms with Gasteiger partial charge in [-0.1, -0.05) is 12.1 Å². The highest BCUT2D eigenvalue weighted by Crippen LogP contribution is 2.21. The number of sulfonamides is 1. The van der Waals surface area contributed by atoms with E-state index in [2.05, 4.69) is 5.32 Å². The van der Waals surface area contributed by atoms with E-state index < -0.39 is 10.0 Å². The fourth-order valence-corrected chi connectivity index (χ4v) is 2.91. The Hall–Kier alpha value is -1.60. The summed E-state index contributed by atoms with van der Waals surface area (Å²) in [4.78, 5) is 11.6. The number of para-hydroxylation sites is 1. The van der Waals surface area contributed by atoms with Crippen molar-refractivity contribution in [3.8, 4) is 0 Å². The molecule has 0 heterocycles. The van der Waals surface area contributed by atoms with Crippen LogP contribution in [0.3, 0.4) is 0 Å². The van der Waals surface area contributed by atoms with Gasteiger partial charge in [0.05, 0.1) is 12.2 Å². The van der Waals surface area contributed by atoms with E-state index in [9.17, 15) is 13.2 Å². The summed E-state index contributed by atoms with van der Waals surface area (Å²) < 4.78 is 25.5. The van der Waals surface area contributed by atoms with E-state index in [1.807, 2.05) is 0 Å². The van der Waals surface area contributed by atoms with Crippen LogP contribution in [0, 0.1) is 0 Å². The number of carbonyl (C=O) groups is 1. The van der Waals surface area contributed by atoms with Gasteiger partial charge >= 0.3 is 0 Å². The van der Waals surface area contributed by atoms with E-state index in [-0.39, 0.29) is 29.1 Å². The second kappa shape index (κ2) is 5.18. The number of amides is 1. The van der Waals surface area contributed by atoms with Crippen LogP contribution < -0.4 is 11.1 Å². The van der Waals surface area contributed by atoms with Gasteiger partial charge in [-0.2, -0.15) is 4.31 Å². The molecule has 1 saturated carbocycles. The quantitative estimate of drug-likeness (QED) is 0.753. The van der Waals surface area contributed by atoms with Crippen molar-refractivity contribution < 1.29 is 13.2 Å². The van der Waals surface area contributed by atoms with Crippen LogP contribution in [-0.2, 0) is 14.8 Å². The third-order valence-electron chi connectivity index (χ3n) is 2.92. The van der Waals surface area contributed by atoms with Crippen LogP contribution in [0.15, 0.2) is 29.2 Å². The lowest BCUT2D eigenvalue weighted by Crippen LogP contribution is -2.39. The van der Waals surface area contributed by atoms with E-state index in [0.717, 1.165) is 17.1 Å². The minimum absolute atomic E-state index is 0.0247. The van der Waals surface area contributed by atoms with Gasteiger partial charge in [-0.15, -0.1) is 0 Å². The van der Waals surface area contributed by atoms with Crippen molar-refractivity contribution in [2.75, 3.05) is 19.3 Å². The average molecular weight is 283 g/mol. The molecule has 0 unspecified atom stereocenters. The monoisotopic (exact) mass is 283 g/mol. The second-order valence-corrected chi connectivity index (χ2v) is 6.65. The van der Waals surface area contributed by atoms with Crippen molar-refractivity contribution >= 4 is 21.6 Å². The number of likely N-dealkylation sites (N-methyl/N-ethyl adjacent to an activating group) is 1.